The van der Waals surface area contributed by atoms with E-state index in [1.54, 1.807) is 0 Å². The summed E-state index contributed by atoms with van der Waals surface area (Å²) in [5.74, 6) is 0. The van der Waals surface area contributed by atoms with E-state index < -0.39 is 0 Å². The van der Waals surface area contributed by atoms with Crippen LogP contribution in [0.5, 0.6) is 0 Å². The maximum Gasteiger partial charge on any atom is 0.0337 e. The van der Waals surface area contributed by atoms with E-state index >= 15 is 0 Å². The van der Waals surface area contributed by atoms with Gasteiger partial charge in [-0.15, -0.1) is 0 Å². The molecule has 82 valence electrons. The summed E-state index contributed by atoms with van der Waals surface area (Å²) in [7, 11) is 0. The fraction of sp³-hybridized carbons (Fsp3) is 0.538. The molecule has 1 heterocycles. The van der Waals surface area contributed by atoms with Crippen molar-refractivity contribution < 1.29 is 0 Å². The van der Waals surface area contributed by atoms with Crippen LogP contribution in [0.1, 0.15) is 25.8 Å². The molecule has 1 unspecified atom stereocenters. The molecule has 2 rings (SSSR count). The summed E-state index contributed by atoms with van der Waals surface area (Å²) in [4.78, 5) is 3.18. The van der Waals surface area contributed by atoms with E-state index in [9.17, 15) is 0 Å². The summed E-state index contributed by atoms with van der Waals surface area (Å²) in [6.07, 6.45) is 1.25. The minimum Gasteiger partial charge on any atom is -0.293 e. The molecule has 1 aliphatic heterocycles. The van der Waals surface area contributed by atoms with Gasteiger partial charge in [-0.1, -0.05) is 46.3 Å². The number of hydrogen-bond acceptors (Lipinski definition) is 1. The second-order valence-corrected chi connectivity index (χ2v) is 5.92. The van der Waals surface area contributed by atoms with Gasteiger partial charge in [-0.25, -0.2) is 0 Å². The van der Waals surface area contributed by atoms with Gasteiger partial charge in [0.05, 0.1) is 0 Å². The quantitative estimate of drug-likeness (QED) is 0.743. The molecule has 0 aromatic heterocycles. The van der Waals surface area contributed by atoms with E-state index in [-0.39, 0.29) is 5.54 Å². The predicted octanol–water partition coefficient (Wildman–Crippen LogP) is 3.43. The van der Waals surface area contributed by atoms with Crippen molar-refractivity contribution in [2.24, 2.45) is 0 Å². The number of benzene rings is 1. The van der Waals surface area contributed by atoms with Gasteiger partial charge in [0.15, 0.2) is 0 Å². The van der Waals surface area contributed by atoms with Crippen molar-refractivity contribution >= 4 is 15.9 Å². The summed E-state index contributed by atoms with van der Waals surface area (Å²) >= 11 is 3.77. The highest BCUT2D eigenvalue weighted by Crippen LogP contribution is 2.35. The van der Waals surface area contributed by atoms with Gasteiger partial charge in [0.1, 0.15) is 0 Å². The standard InChI is InChI=1S/C13H18BrN/c1-13(2)12(14)8-9-15(13)10-11-6-4-3-5-7-11/h3-7,12H,8-10H2,1-2H3. The Morgan fingerprint density at radius 1 is 1.33 bits per heavy atom. The van der Waals surface area contributed by atoms with Crippen LogP contribution in [0.3, 0.4) is 0 Å². The third kappa shape index (κ3) is 2.26. The monoisotopic (exact) mass is 267 g/mol. The van der Waals surface area contributed by atoms with Gasteiger partial charge < -0.3 is 0 Å². The van der Waals surface area contributed by atoms with Crippen molar-refractivity contribution in [3.63, 3.8) is 0 Å². The third-order valence-electron chi connectivity index (χ3n) is 3.45. The second kappa shape index (κ2) is 4.26. The van der Waals surface area contributed by atoms with Gasteiger partial charge in [0.25, 0.3) is 0 Å². The molecule has 0 bridgehead atoms. The first-order chi connectivity index (χ1) is 7.10. The lowest BCUT2D eigenvalue weighted by atomic mass is 10.0. The molecule has 0 spiro atoms. The highest BCUT2D eigenvalue weighted by molar-refractivity contribution is 9.09. The third-order valence-corrected chi connectivity index (χ3v) is 5.03. The number of likely N-dealkylation sites (tertiary alicyclic amines) is 1. The van der Waals surface area contributed by atoms with Crippen LogP contribution in [0.15, 0.2) is 30.3 Å². The number of hydrogen-bond donors (Lipinski definition) is 0. The van der Waals surface area contributed by atoms with Gasteiger partial charge in [-0.05, 0) is 25.8 Å². The number of alkyl halides is 1. The first-order valence-electron chi connectivity index (χ1n) is 5.54. The number of nitrogens with zero attached hydrogens (tertiary/aromatic N) is 1. The van der Waals surface area contributed by atoms with Crippen LogP contribution in [0.25, 0.3) is 0 Å². The zero-order chi connectivity index (χ0) is 10.9. The maximum atomic E-state index is 3.77. The second-order valence-electron chi connectivity index (χ2n) is 4.82. The molecule has 2 heteroatoms. The molecule has 1 aromatic rings. The summed E-state index contributed by atoms with van der Waals surface area (Å²) in [6, 6.07) is 10.7. The maximum absolute atomic E-state index is 3.77. The zero-order valence-corrected chi connectivity index (χ0v) is 11.0. The molecule has 1 aliphatic rings. The molecule has 1 fully saturated rings. The molecule has 0 radical (unpaired) electrons. The Morgan fingerprint density at radius 2 is 2.00 bits per heavy atom. The fourth-order valence-electron chi connectivity index (χ4n) is 2.20. The van der Waals surface area contributed by atoms with E-state index in [2.05, 4.69) is 65.0 Å². The van der Waals surface area contributed by atoms with E-state index in [4.69, 9.17) is 0 Å². The summed E-state index contributed by atoms with van der Waals surface area (Å²) < 4.78 is 0. The number of rotatable bonds is 2. The Balaban J connectivity index is 2.08. The van der Waals surface area contributed by atoms with Crippen molar-refractivity contribution in [2.45, 2.75) is 37.2 Å². The van der Waals surface area contributed by atoms with E-state index in [0.717, 1.165) is 6.54 Å². The number of halogens is 1. The van der Waals surface area contributed by atoms with Crippen molar-refractivity contribution in [1.82, 2.24) is 4.90 Å². The van der Waals surface area contributed by atoms with Gasteiger partial charge in [0, 0.05) is 23.5 Å². The predicted molar refractivity (Wildman–Crippen MR) is 68.3 cm³/mol. The minimum absolute atomic E-state index is 0.274. The Bertz CT molecular complexity index is 321. The topological polar surface area (TPSA) is 3.24 Å². The molecule has 0 amide bonds. The Kier molecular flexibility index (Phi) is 3.17. The minimum atomic E-state index is 0.274. The van der Waals surface area contributed by atoms with E-state index in [1.807, 2.05) is 0 Å². The Morgan fingerprint density at radius 3 is 2.53 bits per heavy atom. The molecular weight excluding hydrogens is 250 g/mol. The lowest BCUT2D eigenvalue weighted by molar-refractivity contribution is 0.171. The van der Waals surface area contributed by atoms with Crippen molar-refractivity contribution in [3.8, 4) is 0 Å². The highest BCUT2D eigenvalue weighted by atomic mass is 79.9. The van der Waals surface area contributed by atoms with Crippen molar-refractivity contribution in [2.75, 3.05) is 6.54 Å². The van der Waals surface area contributed by atoms with Gasteiger partial charge in [-0.3, -0.25) is 4.90 Å². The Hall–Kier alpha value is -0.340. The van der Waals surface area contributed by atoms with Crippen LogP contribution in [-0.4, -0.2) is 21.8 Å². The van der Waals surface area contributed by atoms with Gasteiger partial charge in [-0.2, -0.15) is 0 Å². The lowest BCUT2D eigenvalue weighted by Gasteiger charge is -2.34. The van der Waals surface area contributed by atoms with Crippen molar-refractivity contribution in [3.05, 3.63) is 35.9 Å². The smallest absolute Gasteiger partial charge is 0.0337 e. The molecule has 1 saturated heterocycles. The SMILES string of the molecule is CC1(C)C(Br)CCN1Cc1ccccc1. The van der Waals surface area contributed by atoms with Gasteiger partial charge in [0.2, 0.25) is 0 Å². The fourth-order valence-corrected chi connectivity index (χ4v) is 2.69. The average Bonchev–Trinajstić information content (AvgIpc) is 2.47. The van der Waals surface area contributed by atoms with Crippen LogP contribution >= 0.6 is 15.9 Å². The Labute approximate surface area is 101 Å². The normalized spacial score (nSPS) is 25.7. The first kappa shape index (κ1) is 11.2. The molecule has 15 heavy (non-hydrogen) atoms. The van der Waals surface area contributed by atoms with Crippen LogP contribution in [0.2, 0.25) is 0 Å². The largest absolute Gasteiger partial charge is 0.293 e. The van der Waals surface area contributed by atoms with E-state index in [0.29, 0.717) is 4.83 Å². The van der Waals surface area contributed by atoms with Crippen LogP contribution in [-0.2, 0) is 6.54 Å². The average molecular weight is 268 g/mol. The van der Waals surface area contributed by atoms with Gasteiger partial charge >= 0.3 is 0 Å². The zero-order valence-electron chi connectivity index (χ0n) is 9.41. The van der Waals surface area contributed by atoms with Crippen molar-refractivity contribution in [1.29, 1.82) is 0 Å². The molecule has 1 atom stereocenters. The molecule has 0 N–H and O–H groups in total. The lowest BCUT2D eigenvalue weighted by Crippen LogP contribution is -2.42. The summed E-state index contributed by atoms with van der Waals surface area (Å²) in [5.41, 5.74) is 1.68. The first-order valence-corrected chi connectivity index (χ1v) is 6.45. The summed E-state index contributed by atoms with van der Waals surface area (Å²) in [5, 5.41) is 0. The molecular formula is C13H18BrN. The molecule has 0 saturated carbocycles. The van der Waals surface area contributed by atoms with E-state index in [1.165, 1.54) is 18.5 Å². The highest BCUT2D eigenvalue weighted by Gasteiger charge is 2.39. The summed E-state index contributed by atoms with van der Waals surface area (Å²) in [6.45, 7) is 6.90. The molecule has 1 aromatic carbocycles. The van der Waals surface area contributed by atoms with Crippen LogP contribution in [0, 0.1) is 0 Å². The molecule has 0 aliphatic carbocycles. The van der Waals surface area contributed by atoms with Crippen LogP contribution < -0.4 is 0 Å². The molecule has 1 nitrogen and oxygen atoms in total. The van der Waals surface area contributed by atoms with Crippen LogP contribution in [0.4, 0.5) is 0 Å².